The molecule has 1 heterocycles. The largest absolute Gasteiger partial charge is 0.416 e. The number of Topliss-reactive ketones (excluding diaryl/α,β-unsaturated/α-hetero) is 1. The van der Waals surface area contributed by atoms with Crippen molar-refractivity contribution < 1.29 is 22.8 Å². The normalized spacial score (nSPS) is 18.7. The van der Waals surface area contributed by atoms with E-state index in [-0.39, 0.29) is 28.6 Å². The van der Waals surface area contributed by atoms with Crippen LogP contribution in [0.3, 0.4) is 0 Å². The molecule has 2 aromatic rings. The number of nitrogens with zero attached hydrogens (tertiary/aromatic N) is 2. The standard InChI is InChI=1S/C24H21F3N4O2/c1-13-19(14(2)32)20(16-9-7-15(12-28)8-10-16)21(23(33)30-3)22(29)31(13)18-6-4-5-17(11-18)24(25,26)27/h4-11,20-21,29H,1-3H3,(H,30,33). The van der Waals surface area contributed by atoms with Crippen LogP contribution in [0.25, 0.3) is 0 Å². The monoisotopic (exact) mass is 454 g/mol. The number of nitrogens with one attached hydrogen (secondary N) is 2. The van der Waals surface area contributed by atoms with E-state index in [0.717, 1.165) is 12.1 Å². The summed E-state index contributed by atoms with van der Waals surface area (Å²) < 4.78 is 39.9. The molecule has 1 aliphatic rings. The van der Waals surface area contributed by atoms with Gasteiger partial charge in [-0.3, -0.25) is 15.0 Å². The lowest BCUT2D eigenvalue weighted by Crippen LogP contribution is -2.50. The lowest BCUT2D eigenvalue weighted by Gasteiger charge is -2.41. The summed E-state index contributed by atoms with van der Waals surface area (Å²) in [5, 5.41) is 20.4. The van der Waals surface area contributed by atoms with Gasteiger partial charge in [0.15, 0.2) is 5.78 Å². The Kier molecular flexibility index (Phi) is 6.40. The predicted octanol–water partition coefficient (Wildman–Crippen LogP) is 4.38. The average molecular weight is 454 g/mol. The summed E-state index contributed by atoms with van der Waals surface area (Å²) in [5.41, 5.74) is 0.523. The first-order valence-corrected chi connectivity index (χ1v) is 10.0. The van der Waals surface area contributed by atoms with E-state index in [4.69, 9.17) is 10.7 Å². The number of carbonyl (C=O) groups excluding carboxylic acids is 2. The van der Waals surface area contributed by atoms with E-state index in [1.807, 2.05) is 6.07 Å². The van der Waals surface area contributed by atoms with Crippen molar-refractivity contribution in [2.45, 2.75) is 25.9 Å². The predicted molar refractivity (Wildman–Crippen MR) is 116 cm³/mol. The van der Waals surface area contributed by atoms with Crippen molar-refractivity contribution in [1.29, 1.82) is 10.7 Å². The van der Waals surface area contributed by atoms with Crippen LogP contribution < -0.4 is 10.2 Å². The van der Waals surface area contributed by atoms with Crippen LogP contribution in [-0.2, 0) is 15.8 Å². The molecule has 2 unspecified atom stereocenters. The first-order chi connectivity index (χ1) is 15.5. The molecule has 2 N–H and O–H groups in total. The number of hydrogen-bond donors (Lipinski definition) is 2. The minimum absolute atomic E-state index is 0.0262. The minimum atomic E-state index is -4.60. The number of hydrogen-bond acceptors (Lipinski definition) is 4. The fourth-order valence-electron chi connectivity index (χ4n) is 4.17. The van der Waals surface area contributed by atoms with Crippen LogP contribution in [0.5, 0.6) is 0 Å². The van der Waals surface area contributed by atoms with E-state index < -0.39 is 29.5 Å². The number of halogens is 3. The highest BCUT2D eigenvalue weighted by molar-refractivity contribution is 6.16. The topological polar surface area (TPSA) is 97.1 Å². The number of ketones is 1. The number of nitriles is 1. The van der Waals surface area contributed by atoms with Crippen LogP contribution >= 0.6 is 0 Å². The van der Waals surface area contributed by atoms with Crippen molar-refractivity contribution in [1.82, 2.24) is 5.32 Å². The van der Waals surface area contributed by atoms with Crippen molar-refractivity contribution in [3.8, 4) is 6.07 Å². The molecule has 0 spiro atoms. The molecular formula is C24H21F3N4O2. The molecule has 170 valence electrons. The van der Waals surface area contributed by atoms with Crippen LogP contribution in [0.15, 0.2) is 59.8 Å². The number of allylic oxidation sites excluding steroid dienone is 2. The highest BCUT2D eigenvalue weighted by Gasteiger charge is 2.45. The van der Waals surface area contributed by atoms with Gasteiger partial charge in [0.25, 0.3) is 0 Å². The zero-order valence-electron chi connectivity index (χ0n) is 18.1. The Morgan fingerprint density at radius 1 is 1.15 bits per heavy atom. The third kappa shape index (κ3) is 4.37. The van der Waals surface area contributed by atoms with E-state index in [1.54, 1.807) is 31.2 Å². The Balaban J connectivity index is 2.27. The molecular weight excluding hydrogens is 433 g/mol. The van der Waals surface area contributed by atoms with Gasteiger partial charge in [0.1, 0.15) is 11.8 Å². The zero-order chi connectivity index (χ0) is 24.5. The Hall–Kier alpha value is -3.93. The van der Waals surface area contributed by atoms with Crippen LogP contribution in [-0.4, -0.2) is 24.6 Å². The Bertz CT molecular complexity index is 1190. The van der Waals surface area contributed by atoms with Crippen LogP contribution in [0, 0.1) is 22.7 Å². The van der Waals surface area contributed by atoms with Gasteiger partial charge in [-0.1, -0.05) is 18.2 Å². The highest BCUT2D eigenvalue weighted by atomic mass is 19.4. The Labute approximate surface area is 188 Å². The summed E-state index contributed by atoms with van der Waals surface area (Å²) in [6.07, 6.45) is -4.60. The maximum Gasteiger partial charge on any atom is 0.416 e. The molecule has 9 heteroatoms. The summed E-state index contributed by atoms with van der Waals surface area (Å²) in [5.74, 6) is -3.21. The Morgan fingerprint density at radius 3 is 2.30 bits per heavy atom. The number of rotatable bonds is 4. The number of benzene rings is 2. The van der Waals surface area contributed by atoms with Gasteiger partial charge >= 0.3 is 6.18 Å². The molecule has 6 nitrogen and oxygen atoms in total. The van der Waals surface area contributed by atoms with Gasteiger partial charge in [-0.2, -0.15) is 18.4 Å². The first kappa shape index (κ1) is 23.7. The summed E-state index contributed by atoms with van der Waals surface area (Å²) >= 11 is 0. The fraction of sp³-hybridized carbons (Fsp3) is 0.250. The van der Waals surface area contributed by atoms with Gasteiger partial charge in [0.2, 0.25) is 5.91 Å². The average Bonchev–Trinajstić information content (AvgIpc) is 2.77. The summed E-state index contributed by atoms with van der Waals surface area (Å²) in [7, 11) is 1.39. The smallest absolute Gasteiger partial charge is 0.359 e. The van der Waals surface area contributed by atoms with E-state index in [1.165, 1.54) is 31.0 Å². The minimum Gasteiger partial charge on any atom is -0.359 e. The van der Waals surface area contributed by atoms with Gasteiger partial charge in [-0.25, -0.2) is 0 Å². The molecule has 0 saturated carbocycles. The summed E-state index contributed by atoms with van der Waals surface area (Å²) in [6, 6.07) is 12.7. The zero-order valence-corrected chi connectivity index (χ0v) is 18.1. The van der Waals surface area contributed by atoms with Gasteiger partial charge < -0.3 is 10.2 Å². The van der Waals surface area contributed by atoms with Crippen molar-refractivity contribution in [2.24, 2.45) is 5.92 Å². The van der Waals surface area contributed by atoms with Gasteiger partial charge in [-0.15, -0.1) is 0 Å². The molecule has 2 atom stereocenters. The SMILES string of the molecule is CNC(=O)C1C(=N)N(c2cccc(C(F)(F)F)c2)C(C)=C(C(C)=O)C1c1ccc(C#N)cc1. The molecule has 33 heavy (non-hydrogen) atoms. The lowest BCUT2D eigenvalue weighted by molar-refractivity contribution is -0.137. The maximum atomic E-state index is 13.3. The molecule has 0 radical (unpaired) electrons. The van der Waals surface area contributed by atoms with Crippen molar-refractivity contribution >= 4 is 23.2 Å². The number of alkyl halides is 3. The molecule has 0 aromatic heterocycles. The fourth-order valence-corrected chi connectivity index (χ4v) is 4.17. The Morgan fingerprint density at radius 2 is 1.79 bits per heavy atom. The maximum absolute atomic E-state index is 13.3. The second-order valence-electron chi connectivity index (χ2n) is 7.63. The molecule has 3 rings (SSSR count). The van der Waals surface area contributed by atoms with Crippen LogP contribution in [0.1, 0.15) is 36.5 Å². The molecule has 1 aliphatic heterocycles. The molecule has 2 aromatic carbocycles. The number of anilines is 1. The van der Waals surface area contributed by atoms with E-state index >= 15 is 0 Å². The number of amidine groups is 1. The second-order valence-corrected chi connectivity index (χ2v) is 7.63. The van der Waals surface area contributed by atoms with Gasteiger partial charge in [0.05, 0.1) is 17.2 Å². The number of carbonyl (C=O) groups is 2. The molecule has 0 aliphatic carbocycles. The summed E-state index contributed by atoms with van der Waals surface area (Å²) in [6.45, 7) is 2.86. The van der Waals surface area contributed by atoms with Crippen LogP contribution in [0.4, 0.5) is 18.9 Å². The number of amides is 1. The summed E-state index contributed by atoms with van der Waals surface area (Å²) in [4.78, 5) is 26.9. The second kappa shape index (κ2) is 8.90. The van der Waals surface area contributed by atoms with Crippen molar-refractivity contribution in [3.05, 3.63) is 76.5 Å². The van der Waals surface area contributed by atoms with E-state index in [2.05, 4.69) is 5.32 Å². The first-order valence-electron chi connectivity index (χ1n) is 10.0. The van der Waals surface area contributed by atoms with Crippen molar-refractivity contribution in [3.63, 3.8) is 0 Å². The molecule has 1 amide bonds. The van der Waals surface area contributed by atoms with Crippen molar-refractivity contribution in [2.75, 3.05) is 11.9 Å². The molecule has 0 fully saturated rings. The van der Waals surface area contributed by atoms with E-state index in [9.17, 15) is 22.8 Å². The third-order valence-corrected chi connectivity index (χ3v) is 5.64. The lowest BCUT2D eigenvalue weighted by atomic mass is 9.74. The van der Waals surface area contributed by atoms with Gasteiger partial charge in [-0.05, 0) is 49.7 Å². The molecule has 0 bridgehead atoms. The highest BCUT2D eigenvalue weighted by Crippen LogP contribution is 2.43. The molecule has 0 saturated heterocycles. The van der Waals surface area contributed by atoms with E-state index in [0.29, 0.717) is 11.1 Å². The van der Waals surface area contributed by atoms with Gasteiger partial charge in [0, 0.05) is 29.9 Å². The van der Waals surface area contributed by atoms with Crippen LogP contribution in [0.2, 0.25) is 0 Å². The third-order valence-electron chi connectivity index (χ3n) is 5.64. The quantitative estimate of drug-likeness (QED) is 0.716.